The van der Waals surface area contributed by atoms with E-state index in [1.54, 1.807) is 31.1 Å². The maximum Gasteiger partial charge on any atom is 0.224 e. The van der Waals surface area contributed by atoms with Gasteiger partial charge in [-0.2, -0.15) is 5.10 Å². The molecule has 0 atom stereocenters. The van der Waals surface area contributed by atoms with Gasteiger partial charge in [-0.05, 0) is 0 Å². The summed E-state index contributed by atoms with van der Waals surface area (Å²) in [6, 6.07) is 0. The van der Waals surface area contributed by atoms with Crippen molar-refractivity contribution in [3.8, 4) is 0 Å². The average molecular weight is 183 g/mol. The monoisotopic (exact) mass is 183 g/mol. The van der Waals surface area contributed by atoms with E-state index in [4.69, 9.17) is 4.74 Å². The minimum atomic E-state index is -0.0167. The van der Waals surface area contributed by atoms with Crippen LogP contribution in [0.4, 0.5) is 5.69 Å². The highest BCUT2D eigenvalue weighted by Crippen LogP contribution is 2.04. The summed E-state index contributed by atoms with van der Waals surface area (Å²) in [6.45, 7) is 2.19. The first-order chi connectivity index (χ1) is 6.26. The molecule has 0 aliphatic carbocycles. The molecule has 1 amide bonds. The van der Waals surface area contributed by atoms with E-state index in [-0.39, 0.29) is 5.91 Å². The molecule has 0 unspecified atom stereocenters. The highest BCUT2D eigenvalue weighted by Gasteiger charge is 2.00. The molecule has 0 aliphatic rings. The molecule has 0 saturated heterocycles. The second-order valence-corrected chi connectivity index (χ2v) is 2.59. The van der Waals surface area contributed by atoms with Crippen molar-refractivity contribution in [1.82, 2.24) is 9.78 Å². The summed E-state index contributed by atoms with van der Waals surface area (Å²) < 4.78 is 6.46. The highest BCUT2D eigenvalue weighted by molar-refractivity contribution is 5.90. The van der Waals surface area contributed by atoms with Crippen LogP contribution in [0.25, 0.3) is 0 Å². The average Bonchev–Trinajstić information content (AvgIpc) is 2.53. The Morgan fingerprint density at radius 1 is 1.77 bits per heavy atom. The summed E-state index contributed by atoms with van der Waals surface area (Å²) in [6.07, 6.45) is 3.78. The first-order valence-electron chi connectivity index (χ1n) is 4.07. The van der Waals surface area contributed by atoms with E-state index in [2.05, 4.69) is 10.4 Å². The standard InChI is InChI=1S/C8H13N3O2/c1-3-8(12)10-7-4-9-11(5-7)6-13-2/h4-5H,3,6H2,1-2H3,(H,10,12). The number of nitrogens with one attached hydrogen (secondary N) is 1. The van der Waals surface area contributed by atoms with Gasteiger partial charge in [0.15, 0.2) is 0 Å². The third kappa shape index (κ3) is 2.87. The Hall–Kier alpha value is -1.36. The van der Waals surface area contributed by atoms with Crippen molar-refractivity contribution in [3.63, 3.8) is 0 Å². The van der Waals surface area contributed by atoms with Gasteiger partial charge in [-0.15, -0.1) is 0 Å². The lowest BCUT2D eigenvalue weighted by atomic mass is 10.4. The Kier molecular flexibility index (Phi) is 3.45. The number of rotatable bonds is 4. The highest BCUT2D eigenvalue weighted by atomic mass is 16.5. The second-order valence-electron chi connectivity index (χ2n) is 2.59. The van der Waals surface area contributed by atoms with E-state index in [9.17, 15) is 4.79 Å². The van der Waals surface area contributed by atoms with Gasteiger partial charge < -0.3 is 10.1 Å². The van der Waals surface area contributed by atoms with Crippen LogP contribution in [-0.4, -0.2) is 22.8 Å². The van der Waals surface area contributed by atoms with Crippen molar-refractivity contribution in [2.24, 2.45) is 0 Å². The molecule has 0 aliphatic heterocycles. The Morgan fingerprint density at radius 3 is 3.15 bits per heavy atom. The minimum absolute atomic E-state index is 0.0167. The number of aromatic nitrogens is 2. The zero-order valence-electron chi connectivity index (χ0n) is 7.78. The lowest BCUT2D eigenvalue weighted by molar-refractivity contribution is -0.115. The number of ether oxygens (including phenoxy) is 1. The van der Waals surface area contributed by atoms with E-state index >= 15 is 0 Å². The molecule has 1 aromatic heterocycles. The Bertz CT molecular complexity index is 283. The van der Waals surface area contributed by atoms with Gasteiger partial charge in [0.2, 0.25) is 5.91 Å². The van der Waals surface area contributed by atoms with Crippen LogP contribution in [-0.2, 0) is 16.3 Å². The van der Waals surface area contributed by atoms with Crippen LogP contribution in [0.1, 0.15) is 13.3 Å². The molecule has 5 heteroatoms. The second kappa shape index (κ2) is 4.61. The van der Waals surface area contributed by atoms with Gasteiger partial charge in [0.25, 0.3) is 0 Å². The van der Waals surface area contributed by atoms with Crippen molar-refractivity contribution in [3.05, 3.63) is 12.4 Å². The van der Waals surface area contributed by atoms with Gasteiger partial charge in [-0.3, -0.25) is 4.79 Å². The molecule has 1 heterocycles. The topological polar surface area (TPSA) is 56.2 Å². The predicted molar refractivity (Wildman–Crippen MR) is 48.2 cm³/mol. The fraction of sp³-hybridized carbons (Fsp3) is 0.500. The predicted octanol–water partition coefficient (Wildman–Crippen LogP) is 0.836. The number of hydrogen-bond donors (Lipinski definition) is 1. The quantitative estimate of drug-likeness (QED) is 0.752. The lowest BCUT2D eigenvalue weighted by Gasteiger charge is -1.98. The largest absolute Gasteiger partial charge is 0.362 e. The number of hydrogen-bond acceptors (Lipinski definition) is 3. The first-order valence-corrected chi connectivity index (χ1v) is 4.07. The summed E-state index contributed by atoms with van der Waals surface area (Å²) in [4.78, 5) is 11.0. The van der Waals surface area contributed by atoms with Crippen LogP contribution in [0, 0.1) is 0 Å². The number of nitrogens with zero attached hydrogens (tertiary/aromatic N) is 2. The van der Waals surface area contributed by atoms with Gasteiger partial charge in [-0.1, -0.05) is 6.92 Å². The molecule has 1 aromatic rings. The van der Waals surface area contributed by atoms with Gasteiger partial charge >= 0.3 is 0 Å². The first kappa shape index (κ1) is 9.73. The van der Waals surface area contributed by atoms with Gasteiger partial charge in [0.05, 0.1) is 18.1 Å². The zero-order chi connectivity index (χ0) is 9.68. The van der Waals surface area contributed by atoms with Crippen molar-refractivity contribution >= 4 is 11.6 Å². The maximum absolute atomic E-state index is 11.0. The normalized spacial score (nSPS) is 10.0. The molecule has 1 rings (SSSR count). The van der Waals surface area contributed by atoms with Crippen LogP contribution in [0.5, 0.6) is 0 Å². The molecule has 0 bridgehead atoms. The van der Waals surface area contributed by atoms with E-state index < -0.39 is 0 Å². The maximum atomic E-state index is 11.0. The Morgan fingerprint density at radius 2 is 2.54 bits per heavy atom. The Labute approximate surface area is 76.7 Å². The van der Waals surface area contributed by atoms with Crippen molar-refractivity contribution < 1.29 is 9.53 Å². The third-order valence-corrected chi connectivity index (χ3v) is 1.50. The molecule has 5 nitrogen and oxygen atoms in total. The van der Waals surface area contributed by atoms with E-state index in [1.807, 2.05) is 0 Å². The van der Waals surface area contributed by atoms with Crippen LogP contribution in [0.3, 0.4) is 0 Å². The summed E-state index contributed by atoms with van der Waals surface area (Å²) in [7, 11) is 1.59. The molecule has 0 radical (unpaired) electrons. The number of carbonyl (C=O) groups is 1. The molecule has 0 aromatic carbocycles. The van der Waals surface area contributed by atoms with Crippen molar-refractivity contribution in [2.45, 2.75) is 20.1 Å². The zero-order valence-corrected chi connectivity index (χ0v) is 7.78. The molecular formula is C8H13N3O2. The van der Waals surface area contributed by atoms with Gasteiger partial charge in [0.1, 0.15) is 6.73 Å². The number of anilines is 1. The van der Waals surface area contributed by atoms with Crippen LogP contribution in [0.15, 0.2) is 12.4 Å². The lowest BCUT2D eigenvalue weighted by Crippen LogP contribution is -2.08. The molecule has 0 fully saturated rings. The van der Waals surface area contributed by atoms with E-state index in [0.29, 0.717) is 18.8 Å². The van der Waals surface area contributed by atoms with Crippen LogP contribution in [0.2, 0.25) is 0 Å². The summed E-state index contributed by atoms with van der Waals surface area (Å²) in [5.74, 6) is -0.0167. The van der Waals surface area contributed by atoms with Crippen molar-refractivity contribution in [1.29, 1.82) is 0 Å². The Balaban J connectivity index is 2.53. The number of methoxy groups -OCH3 is 1. The summed E-state index contributed by atoms with van der Waals surface area (Å²) in [5.41, 5.74) is 0.698. The van der Waals surface area contributed by atoms with Crippen molar-refractivity contribution in [2.75, 3.05) is 12.4 Å². The molecular weight excluding hydrogens is 170 g/mol. The molecule has 0 spiro atoms. The third-order valence-electron chi connectivity index (χ3n) is 1.50. The molecule has 72 valence electrons. The van der Waals surface area contributed by atoms with Gasteiger partial charge in [0, 0.05) is 13.5 Å². The molecule has 1 N–H and O–H groups in total. The number of carbonyl (C=O) groups excluding carboxylic acids is 1. The van der Waals surface area contributed by atoms with Crippen LogP contribution >= 0.6 is 0 Å². The summed E-state index contributed by atoms with van der Waals surface area (Å²) in [5, 5.41) is 6.66. The molecule has 0 saturated carbocycles. The van der Waals surface area contributed by atoms with E-state index in [0.717, 1.165) is 0 Å². The smallest absolute Gasteiger partial charge is 0.224 e. The fourth-order valence-electron chi connectivity index (χ4n) is 0.880. The van der Waals surface area contributed by atoms with Crippen LogP contribution < -0.4 is 5.32 Å². The number of amides is 1. The van der Waals surface area contributed by atoms with E-state index in [1.165, 1.54) is 0 Å². The molecule has 13 heavy (non-hydrogen) atoms. The minimum Gasteiger partial charge on any atom is -0.362 e. The van der Waals surface area contributed by atoms with Gasteiger partial charge in [-0.25, -0.2) is 4.68 Å². The SMILES string of the molecule is CCC(=O)Nc1cnn(COC)c1. The fourth-order valence-corrected chi connectivity index (χ4v) is 0.880. The summed E-state index contributed by atoms with van der Waals surface area (Å²) >= 11 is 0.